The zero-order valence-corrected chi connectivity index (χ0v) is 21.3. The minimum Gasteiger partial charge on any atom is -0.359 e. The van der Waals surface area contributed by atoms with E-state index in [9.17, 15) is 9.59 Å². The highest BCUT2D eigenvalue weighted by Gasteiger charge is 2.25. The van der Waals surface area contributed by atoms with Gasteiger partial charge in [-0.1, -0.05) is 37.1 Å². The van der Waals surface area contributed by atoms with E-state index in [0.29, 0.717) is 13.0 Å². The molecule has 8 heteroatoms. The number of likely N-dealkylation sites (N-methyl/N-ethyl adjacent to an activating group) is 1. The molecule has 36 heavy (non-hydrogen) atoms. The Balaban J connectivity index is 1.45. The van der Waals surface area contributed by atoms with Crippen LogP contribution in [0.1, 0.15) is 37.8 Å². The van der Waals surface area contributed by atoms with Gasteiger partial charge in [0.05, 0.1) is 0 Å². The van der Waals surface area contributed by atoms with Gasteiger partial charge in [0.25, 0.3) is 0 Å². The van der Waals surface area contributed by atoms with Crippen LogP contribution in [0.5, 0.6) is 0 Å². The molecule has 3 aromatic rings. The third kappa shape index (κ3) is 6.44. The van der Waals surface area contributed by atoms with E-state index in [4.69, 9.17) is 5.21 Å². The standard InChI is InChI=1S/C28H37N5O3/c1-21-19-24-9-8-23(20-26(24)29-21)22-10-12-25(13-11-22)33(14-6-4-3-5-7-27(34)30-36)28(35)32-17-15-31(2)16-18-32/h8-13,19-20,29,36H,3-7,14-18H2,1-2H3,(H,30,34). The molecule has 0 unspecified atom stereocenters. The van der Waals surface area contributed by atoms with E-state index in [1.165, 1.54) is 5.39 Å². The maximum atomic E-state index is 13.5. The highest BCUT2D eigenvalue weighted by atomic mass is 16.5. The van der Waals surface area contributed by atoms with Crippen molar-refractivity contribution in [2.45, 2.75) is 39.0 Å². The molecule has 192 valence electrons. The molecule has 0 spiro atoms. The fourth-order valence-corrected chi connectivity index (χ4v) is 4.75. The number of rotatable bonds is 9. The van der Waals surface area contributed by atoms with Crippen molar-refractivity contribution >= 4 is 28.5 Å². The second-order valence-electron chi connectivity index (χ2n) is 9.72. The monoisotopic (exact) mass is 491 g/mol. The molecule has 2 heterocycles. The lowest BCUT2D eigenvalue weighted by molar-refractivity contribution is -0.129. The van der Waals surface area contributed by atoms with Crippen molar-refractivity contribution in [3.8, 4) is 11.1 Å². The highest BCUT2D eigenvalue weighted by Crippen LogP contribution is 2.27. The van der Waals surface area contributed by atoms with Crippen molar-refractivity contribution in [2.24, 2.45) is 0 Å². The number of aromatic nitrogens is 1. The minimum atomic E-state index is -0.354. The van der Waals surface area contributed by atoms with Crippen molar-refractivity contribution in [3.63, 3.8) is 0 Å². The fraction of sp³-hybridized carbons (Fsp3) is 0.429. The van der Waals surface area contributed by atoms with Crippen molar-refractivity contribution in [1.29, 1.82) is 0 Å². The smallest absolute Gasteiger partial charge is 0.324 e. The molecule has 3 amide bonds. The number of carbonyl (C=O) groups excluding carboxylic acids is 2. The van der Waals surface area contributed by atoms with Crippen molar-refractivity contribution in [3.05, 3.63) is 54.2 Å². The molecule has 2 aromatic carbocycles. The molecule has 0 radical (unpaired) electrons. The summed E-state index contributed by atoms with van der Waals surface area (Å²) in [6.45, 7) is 5.92. The van der Waals surface area contributed by atoms with E-state index in [2.05, 4.69) is 60.3 Å². The molecule has 0 bridgehead atoms. The number of hydrogen-bond acceptors (Lipinski definition) is 4. The summed E-state index contributed by atoms with van der Waals surface area (Å²) in [6.07, 6.45) is 3.68. The van der Waals surface area contributed by atoms with Crippen LogP contribution >= 0.6 is 0 Å². The lowest BCUT2D eigenvalue weighted by Crippen LogP contribution is -2.52. The van der Waals surface area contributed by atoms with Crippen LogP contribution in [-0.2, 0) is 4.79 Å². The SMILES string of the molecule is Cc1cc2ccc(-c3ccc(N(CCCCCCC(=O)NO)C(=O)N4CCN(C)CC4)cc3)cc2[nH]1. The summed E-state index contributed by atoms with van der Waals surface area (Å²) in [5, 5.41) is 9.83. The number of fused-ring (bicyclic) bond motifs is 1. The average molecular weight is 492 g/mol. The number of benzene rings is 2. The summed E-state index contributed by atoms with van der Waals surface area (Å²) in [5.74, 6) is -0.354. The summed E-state index contributed by atoms with van der Waals surface area (Å²) in [6, 6.07) is 16.9. The zero-order chi connectivity index (χ0) is 25.5. The van der Waals surface area contributed by atoms with E-state index in [1.807, 2.05) is 21.9 Å². The number of hydroxylamine groups is 1. The first-order chi connectivity index (χ1) is 17.4. The third-order valence-electron chi connectivity index (χ3n) is 6.93. The second-order valence-corrected chi connectivity index (χ2v) is 9.72. The number of piperazine rings is 1. The normalized spacial score (nSPS) is 14.2. The van der Waals surface area contributed by atoms with Crippen LogP contribution in [-0.4, -0.2) is 71.7 Å². The number of anilines is 1. The Labute approximate surface area is 212 Å². The van der Waals surface area contributed by atoms with Crippen LogP contribution in [0.4, 0.5) is 10.5 Å². The summed E-state index contributed by atoms with van der Waals surface area (Å²) in [7, 11) is 2.08. The topological polar surface area (TPSA) is 91.9 Å². The Kier molecular flexibility index (Phi) is 8.61. The Morgan fingerprint density at radius 3 is 2.36 bits per heavy atom. The number of nitrogens with one attached hydrogen (secondary N) is 2. The largest absolute Gasteiger partial charge is 0.359 e. The average Bonchev–Trinajstić information content (AvgIpc) is 3.27. The Morgan fingerprint density at radius 1 is 0.944 bits per heavy atom. The van der Waals surface area contributed by atoms with Gasteiger partial charge in [-0.05, 0) is 67.6 Å². The fourth-order valence-electron chi connectivity index (χ4n) is 4.75. The molecule has 0 saturated carbocycles. The number of unbranched alkanes of at least 4 members (excludes halogenated alkanes) is 3. The van der Waals surface area contributed by atoms with Crippen LogP contribution in [0.2, 0.25) is 0 Å². The van der Waals surface area contributed by atoms with Gasteiger partial charge in [0.1, 0.15) is 0 Å². The van der Waals surface area contributed by atoms with Gasteiger partial charge in [0.15, 0.2) is 0 Å². The number of amides is 3. The molecule has 3 N–H and O–H groups in total. The van der Waals surface area contributed by atoms with Crippen molar-refractivity contribution in [1.82, 2.24) is 20.3 Å². The predicted octanol–water partition coefficient (Wildman–Crippen LogP) is 4.77. The number of aromatic amines is 1. The van der Waals surface area contributed by atoms with Crippen LogP contribution in [0.3, 0.4) is 0 Å². The van der Waals surface area contributed by atoms with Gasteiger partial charge in [-0.25, -0.2) is 10.3 Å². The molecule has 1 aromatic heterocycles. The number of aryl methyl sites for hydroxylation is 1. The number of hydrogen-bond donors (Lipinski definition) is 3. The van der Waals surface area contributed by atoms with Gasteiger partial charge in [0.2, 0.25) is 5.91 Å². The lowest BCUT2D eigenvalue weighted by atomic mass is 10.0. The minimum absolute atomic E-state index is 0.0544. The first kappa shape index (κ1) is 25.7. The van der Waals surface area contributed by atoms with Gasteiger partial charge in [-0.3, -0.25) is 14.9 Å². The van der Waals surface area contributed by atoms with Gasteiger partial charge >= 0.3 is 6.03 Å². The molecule has 8 nitrogen and oxygen atoms in total. The molecule has 0 atom stereocenters. The highest BCUT2D eigenvalue weighted by molar-refractivity contribution is 5.92. The van der Waals surface area contributed by atoms with E-state index in [1.54, 1.807) is 5.48 Å². The third-order valence-corrected chi connectivity index (χ3v) is 6.93. The van der Waals surface area contributed by atoms with Gasteiger partial charge in [-0.2, -0.15) is 0 Å². The van der Waals surface area contributed by atoms with E-state index < -0.39 is 0 Å². The molecule has 0 aliphatic carbocycles. The first-order valence-electron chi connectivity index (χ1n) is 12.8. The van der Waals surface area contributed by atoms with Crippen LogP contribution in [0.15, 0.2) is 48.5 Å². The molecular weight excluding hydrogens is 454 g/mol. The molecule has 4 rings (SSSR count). The summed E-state index contributed by atoms with van der Waals surface area (Å²) < 4.78 is 0. The van der Waals surface area contributed by atoms with Crippen LogP contribution in [0, 0.1) is 6.92 Å². The molecule has 1 aliphatic heterocycles. The maximum absolute atomic E-state index is 13.5. The lowest BCUT2D eigenvalue weighted by Gasteiger charge is -2.36. The van der Waals surface area contributed by atoms with Crippen LogP contribution < -0.4 is 10.4 Å². The number of nitrogens with zero attached hydrogens (tertiary/aromatic N) is 3. The summed E-state index contributed by atoms with van der Waals surface area (Å²) in [4.78, 5) is 34.2. The van der Waals surface area contributed by atoms with E-state index in [0.717, 1.165) is 79.9 Å². The molecule has 1 saturated heterocycles. The van der Waals surface area contributed by atoms with Crippen molar-refractivity contribution in [2.75, 3.05) is 44.7 Å². The predicted molar refractivity (Wildman–Crippen MR) is 143 cm³/mol. The molecule has 1 aliphatic rings. The van der Waals surface area contributed by atoms with Crippen molar-refractivity contribution < 1.29 is 14.8 Å². The maximum Gasteiger partial charge on any atom is 0.324 e. The van der Waals surface area contributed by atoms with E-state index >= 15 is 0 Å². The Hall–Kier alpha value is -3.36. The number of urea groups is 1. The van der Waals surface area contributed by atoms with Gasteiger partial charge < -0.3 is 14.8 Å². The molecule has 1 fully saturated rings. The number of carbonyl (C=O) groups is 2. The number of H-pyrrole nitrogens is 1. The quantitative estimate of drug-likeness (QED) is 0.228. The van der Waals surface area contributed by atoms with Gasteiger partial charge in [0, 0.05) is 56.0 Å². The Morgan fingerprint density at radius 2 is 1.64 bits per heavy atom. The zero-order valence-electron chi connectivity index (χ0n) is 21.3. The first-order valence-corrected chi connectivity index (χ1v) is 12.8. The Bertz CT molecular complexity index is 1170. The van der Waals surface area contributed by atoms with Crippen LogP contribution in [0.25, 0.3) is 22.0 Å². The summed E-state index contributed by atoms with van der Waals surface area (Å²) in [5.41, 5.74) is 7.10. The summed E-state index contributed by atoms with van der Waals surface area (Å²) >= 11 is 0. The molecular formula is C28H37N5O3. The second kappa shape index (κ2) is 12.1. The van der Waals surface area contributed by atoms with Gasteiger partial charge in [-0.15, -0.1) is 0 Å². The van der Waals surface area contributed by atoms with E-state index in [-0.39, 0.29) is 11.9 Å².